The van der Waals surface area contributed by atoms with E-state index in [0.29, 0.717) is 28.9 Å². The predicted molar refractivity (Wildman–Crippen MR) is 111 cm³/mol. The molecule has 154 valence electrons. The normalized spacial score (nSPS) is 16.4. The van der Waals surface area contributed by atoms with Gasteiger partial charge in [0.05, 0.1) is 30.8 Å². The fourth-order valence-corrected chi connectivity index (χ4v) is 3.94. The van der Waals surface area contributed by atoms with Gasteiger partial charge in [0.15, 0.2) is 11.5 Å². The fourth-order valence-electron chi connectivity index (χ4n) is 3.36. The van der Waals surface area contributed by atoms with Crippen molar-refractivity contribution in [3.05, 3.63) is 53.6 Å². The molecule has 1 aliphatic rings. The van der Waals surface area contributed by atoms with E-state index in [1.807, 2.05) is 0 Å². The minimum atomic E-state index is -3.48. The van der Waals surface area contributed by atoms with Crippen LogP contribution in [-0.4, -0.2) is 43.5 Å². The molecule has 0 saturated heterocycles. The van der Waals surface area contributed by atoms with Crippen LogP contribution < -0.4 is 9.46 Å². The van der Waals surface area contributed by atoms with E-state index in [4.69, 9.17) is 4.74 Å². The van der Waals surface area contributed by atoms with Gasteiger partial charge in [-0.1, -0.05) is 37.3 Å². The number of aromatic hydroxyl groups is 1. The van der Waals surface area contributed by atoms with E-state index >= 15 is 0 Å². The molecule has 29 heavy (non-hydrogen) atoms. The third-order valence-corrected chi connectivity index (χ3v) is 5.18. The Morgan fingerprint density at radius 3 is 2.66 bits per heavy atom. The number of amides is 1. The molecule has 1 atom stereocenters. The van der Waals surface area contributed by atoms with Crippen molar-refractivity contribution in [1.82, 2.24) is 5.01 Å². The molecule has 1 heterocycles. The summed E-state index contributed by atoms with van der Waals surface area (Å²) in [6.07, 6.45) is 1.67. The molecule has 0 fully saturated rings. The van der Waals surface area contributed by atoms with E-state index in [2.05, 4.69) is 9.82 Å². The monoisotopic (exact) mass is 417 g/mol. The highest BCUT2D eigenvalue weighted by molar-refractivity contribution is 7.92. The largest absolute Gasteiger partial charge is 0.504 e. The molecule has 1 unspecified atom stereocenters. The zero-order valence-corrected chi connectivity index (χ0v) is 17.2. The van der Waals surface area contributed by atoms with E-state index in [1.54, 1.807) is 43.3 Å². The summed E-state index contributed by atoms with van der Waals surface area (Å²) < 4.78 is 31.3. The number of carbonyl (C=O) groups is 1. The van der Waals surface area contributed by atoms with Gasteiger partial charge in [-0.2, -0.15) is 5.10 Å². The van der Waals surface area contributed by atoms with Gasteiger partial charge in [0.1, 0.15) is 0 Å². The van der Waals surface area contributed by atoms with E-state index in [0.717, 1.165) is 6.26 Å². The van der Waals surface area contributed by atoms with Gasteiger partial charge in [-0.05, 0) is 12.1 Å². The average molecular weight is 417 g/mol. The lowest BCUT2D eigenvalue weighted by Crippen LogP contribution is -2.26. The van der Waals surface area contributed by atoms with Crippen LogP contribution in [0.3, 0.4) is 0 Å². The van der Waals surface area contributed by atoms with Crippen LogP contribution >= 0.6 is 0 Å². The molecule has 0 spiro atoms. The third kappa shape index (κ3) is 4.34. The number of sulfonamides is 1. The van der Waals surface area contributed by atoms with E-state index in [1.165, 1.54) is 18.2 Å². The summed E-state index contributed by atoms with van der Waals surface area (Å²) in [6.45, 7) is 1.74. The number of phenolic OH excluding ortho intramolecular Hbond substituents is 1. The van der Waals surface area contributed by atoms with Gasteiger partial charge in [0.25, 0.3) is 0 Å². The Kier molecular flexibility index (Phi) is 5.78. The van der Waals surface area contributed by atoms with Gasteiger partial charge < -0.3 is 9.84 Å². The lowest BCUT2D eigenvalue weighted by Gasteiger charge is -2.23. The maximum absolute atomic E-state index is 12.6. The molecule has 2 N–H and O–H groups in total. The Morgan fingerprint density at radius 1 is 1.28 bits per heavy atom. The highest BCUT2D eigenvalue weighted by Gasteiger charge is 2.35. The molecular weight excluding hydrogens is 394 g/mol. The Morgan fingerprint density at radius 2 is 2.00 bits per heavy atom. The SMILES string of the molecule is CCC(=O)N1N=C(c2ccccc2NS(C)(=O)=O)CC1c1cccc(O)c1OC. The van der Waals surface area contributed by atoms with Crippen molar-refractivity contribution in [2.75, 3.05) is 18.1 Å². The lowest BCUT2D eigenvalue weighted by atomic mass is 9.96. The molecule has 0 saturated carbocycles. The summed E-state index contributed by atoms with van der Waals surface area (Å²) in [5.41, 5.74) is 2.17. The van der Waals surface area contributed by atoms with Gasteiger partial charge in [-0.25, -0.2) is 13.4 Å². The molecular formula is C20H23N3O5S. The number of hydrazone groups is 1. The molecule has 1 amide bonds. The zero-order chi connectivity index (χ0) is 21.2. The van der Waals surface area contributed by atoms with Crippen molar-refractivity contribution in [3.63, 3.8) is 0 Å². The van der Waals surface area contributed by atoms with Crippen LogP contribution in [0.25, 0.3) is 0 Å². The van der Waals surface area contributed by atoms with Crippen molar-refractivity contribution in [2.24, 2.45) is 5.10 Å². The number of ether oxygens (including phenoxy) is 1. The molecule has 0 bridgehead atoms. The standard InChI is InChI=1S/C20H23N3O5S/c1-4-19(25)23-17(14-9-7-11-18(24)20(14)28-2)12-16(21-23)13-8-5-6-10-15(13)22-29(3,26)27/h5-11,17,22,24H,4,12H2,1-3H3. The fraction of sp³-hybridized carbons (Fsp3) is 0.300. The highest BCUT2D eigenvalue weighted by Crippen LogP contribution is 2.42. The number of benzene rings is 2. The van der Waals surface area contributed by atoms with Gasteiger partial charge in [0.2, 0.25) is 15.9 Å². The minimum absolute atomic E-state index is 0.0264. The molecule has 9 heteroatoms. The molecule has 3 rings (SSSR count). The number of methoxy groups -OCH3 is 1. The number of anilines is 1. The topological polar surface area (TPSA) is 108 Å². The number of nitrogens with zero attached hydrogens (tertiary/aromatic N) is 2. The zero-order valence-electron chi connectivity index (χ0n) is 16.4. The average Bonchev–Trinajstić information content (AvgIpc) is 3.11. The van der Waals surface area contributed by atoms with Crippen LogP contribution in [0.15, 0.2) is 47.6 Å². The first-order chi connectivity index (χ1) is 13.7. The molecule has 0 radical (unpaired) electrons. The van der Waals surface area contributed by atoms with Gasteiger partial charge in [-0.3, -0.25) is 9.52 Å². The minimum Gasteiger partial charge on any atom is -0.504 e. The maximum atomic E-state index is 12.6. The summed E-state index contributed by atoms with van der Waals surface area (Å²) in [6, 6.07) is 11.4. The molecule has 2 aromatic rings. The second-order valence-corrected chi connectivity index (χ2v) is 8.43. The molecule has 2 aromatic carbocycles. The van der Waals surface area contributed by atoms with Crippen molar-refractivity contribution in [2.45, 2.75) is 25.8 Å². The smallest absolute Gasteiger partial charge is 0.242 e. The first-order valence-electron chi connectivity index (χ1n) is 9.07. The Bertz CT molecular complexity index is 1070. The van der Waals surface area contributed by atoms with Crippen molar-refractivity contribution >= 4 is 27.3 Å². The van der Waals surface area contributed by atoms with E-state index < -0.39 is 16.1 Å². The van der Waals surface area contributed by atoms with E-state index in [9.17, 15) is 18.3 Å². The first-order valence-corrected chi connectivity index (χ1v) is 11.0. The quantitative estimate of drug-likeness (QED) is 0.751. The van der Waals surface area contributed by atoms with E-state index in [-0.39, 0.29) is 23.8 Å². The third-order valence-electron chi connectivity index (χ3n) is 4.59. The lowest BCUT2D eigenvalue weighted by molar-refractivity contribution is -0.132. The molecule has 0 aliphatic carbocycles. The maximum Gasteiger partial charge on any atom is 0.242 e. The number of rotatable bonds is 6. The van der Waals surface area contributed by atoms with Crippen LogP contribution in [0.1, 0.15) is 36.9 Å². The second-order valence-electron chi connectivity index (χ2n) is 6.68. The second kappa shape index (κ2) is 8.12. The van der Waals surface area contributed by atoms with Crippen LogP contribution in [0, 0.1) is 0 Å². The van der Waals surface area contributed by atoms with Crippen LogP contribution in [-0.2, 0) is 14.8 Å². The van der Waals surface area contributed by atoms with Crippen LogP contribution in [0.5, 0.6) is 11.5 Å². The summed E-state index contributed by atoms with van der Waals surface area (Å²) in [5.74, 6) is 0.0656. The van der Waals surface area contributed by atoms with Crippen molar-refractivity contribution in [3.8, 4) is 11.5 Å². The number of nitrogens with one attached hydrogen (secondary N) is 1. The number of phenols is 1. The predicted octanol–water partition coefficient (Wildman–Crippen LogP) is 2.86. The van der Waals surface area contributed by atoms with Gasteiger partial charge >= 0.3 is 0 Å². The molecule has 8 nitrogen and oxygen atoms in total. The first kappa shape index (κ1) is 20.7. The van der Waals surface area contributed by atoms with Crippen LogP contribution in [0.4, 0.5) is 5.69 Å². The summed E-state index contributed by atoms with van der Waals surface area (Å²) in [4.78, 5) is 12.6. The van der Waals surface area contributed by atoms with Crippen LogP contribution in [0.2, 0.25) is 0 Å². The Labute approximate surface area is 169 Å². The Balaban J connectivity index is 2.07. The van der Waals surface area contributed by atoms with Gasteiger partial charge in [-0.15, -0.1) is 0 Å². The number of hydrogen-bond acceptors (Lipinski definition) is 6. The highest BCUT2D eigenvalue weighted by atomic mass is 32.2. The number of para-hydroxylation sites is 2. The molecule has 0 aromatic heterocycles. The number of carbonyl (C=O) groups excluding carboxylic acids is 1. The summed E-state index contributed by atoms with van der Waals surface area (Å²) >= 11 is 0. The number of hydrogen-bond donors (Lipinski definition) is 2. The van der Waals surface area contributed by atoms with Crippen molar-refractivity contribution < 1.29 is 23.1 Å². The summed E-state index contributed by atoms with van der Waals surface area (Å²) in [7, 11) is -2.03. The van der Waals surface area contributed by atoms with Crippen molar-refractivity contribution in [1.29, 1.82) is 0 Å². The Hall–Kier alpha value is -3.07. The summed E-state index contributed by atoms with van der Waals surface area (Å²) in [5, 5.41) is 16.0. The molecule has 1 aliphatic heterocycles. The van der Waals surface area contributed by atoms with Gasteiger partial charge in [0, 0.05) is 24.0 Å².